The number of hydrogen-bond acceptors (Lipinski definition) is 15. The van der Waals surface area contributed by atoms with Gasteiger partial charge in [0.2, 0.25) is 0 Å². The Hall–Kier alpha value is -1.65. The molecule has 0 bridgehead atoms. The van der Waals surface area contributed by atoms with Crippen LogP contribution >= 0.6 is 0 Å². The standard InChI is InChI=1S/C13H26N2O.C13H26N2.C12H25N.2C11H21F2N.C11H23N.2C10H19F2N.C10H20FN.C10H21NO.C10H21N/c1-11(2)13(3,4)15-7-5-14(6-8-15)12-9-16-10-12;1-11(2)13(5,6)15-9-7-14(8-10-15)12(3)4;1-10(2)12(3,4)11-6-8-13(5)9-7-11;1-9(2)10(3,4)14-7-5-11(12,13)6-8-14;1-9(2)10(3,4)14-7-5-6-11(12,13)8-14;1-10(2)11(3,4)12-8-6-5-7-9-12;1-7(2)10(3,4)13-5-8(11)9(12)6-13;1-8(2)9(3,4)13-6-5-10(11,12)7-13;1-8(2)10(3,4)12-6-5-9(11)7-12;1-9(2)10(3,4)11-5-7-12-8-6-11;1-9(2)10(3,4)11-7-5-6-8-11/h11-12H,5-10H2,1-4H3;11H,3,7-10H2,1-2,4-6H3;10-11H,6-9H2,1-5H3;2*9H,5-8H2,1-4H3;10H,5-9H2,1-4H3;7-9H,5-6H2,1-4H3;8H,5-7H2,1-4H3;8-9H,5-7H2,1-4H3;9H,5-8H2,1-4H3;9H,5-8H2,1-4H3. The van der Waals surface area contributed by atoms with E-state index in [4.69, 9.17) is 9.47 Å². The van der Waals surface area contributed by atoms with Crippen LogP contribution in [0, 0.1) is 76.4 Å². The Morgan fingerprint density at radius 3 is 0.848 bits per heavy atom. The topological polar surface area (TPSA) is 60.6 Å². The highest BCUT2D eigenvalue weighted by molar-refractivity contribution is 5.01. The molecule has 12 aliphatic heterocycles. The molecule has 12 heterocycles. The monoisotopic (exact) mass is 2080 g/mol. The lowest BCUT2D eigenvalue weighted by atomic mass is 9.67. The van der Waals surface area contributed by atoms with Crippen molar-refractivity contribution in [2.45, 2.75) is 493 Å². The SMILES string of the molecule is C=C(C)N1CCN(C(C)(C)C(C)C)CC1.CC(C)C(C)(C)C1CCN(C)CC1.CC(C)C(C)(C)N1CC(F)C(F)C1.CC(C)C(C)(C)N1CCC(F)(F)C1.CC(C)C(C)(C)N1CCC(F)(F)CC1.CC(C)C(C)(C)N1CCC(F)C1.CC(C)C(C)(C)N1CCCC(F)(F)C1.CC(C)C(C)(C)N1CCCC1.CC(C)C(C)(C)N1CCCCC1.CC(C)C(C)(C)N1CCN(C2COC2)CC1.CC(C)C(C)(C)N1CCOCC1. The van der Waals surface area contributed by atoms with Gasteiger partial charge in [0.25, 0.3) is 17.8 Å². The van der Waals surface area contributed by atoms with Crippen LogP contribution in [0.3, 0.4) is 0 Å². The summed E-state index contributed by atoms with van der Waals surface area (Å²) in [6.07, 6.45) is 8.07. The largest absolute Gasteiger partial charge is 0.379 e. The Morgan fingerprint density at radius 2 is 0.552 bits per heavy atom. The molecule has 0 N–H and O–H groups in total. The number of likely N-dealkylation sites (tertiary alicyclic amines) is 8. The van der Waals surface area contributed by atoms with Crippen LogP contribution in [0.4, 0.5) is 39.5 Å². The zero-order chi connectivity index (χ0) is 112. The second-order valence-corrected chi connectivity index (χ2v) is 55.4. The summed E-state index contributed by atoms with van der Waals surface area (Å²) >= 11 is 0. The van der Waals surface area contributed by atoms with Crippen molar-refractivity contribution in [3.8, 4) is 0 Å². The van der Waals surface area contributed by atoms with Gasteiger partial charge in [-0.15, -0.1) is 0 Å². The van der Waals surface area contributed by atoms with Crippen molar-refractivity contribution < 1.29 is 49.0 Å². The van der Waals surface area contributed by atoms with Gasteiger partial charge in [0.1, 0.15) is 18.5 Å². The van der Waals surface area contributed by atoms with Crippen LogP contribution in [-0.2, 0) is 9.47 Å². The van der Waals surface area contributed by atoms with E-state index in [1.165, 1.54) is 116 Å². The number of piperidine rings is 4. The number of nitrogens with zero attached hydrogens (tertiary/aromatic N) is 13. The summed E-state index contributed by atoms with van der Waals surface area (Å²) in [5.74, 6) is 0.302. The van der Waals surface area contributed by atoms with Crippen molar-refractivity contribution in [1.82, 2.24) is 63.7 Å². The van der Waals surface area contributed by atoms with E-state index in [-0.39, 0.29) is 79.6 Å². The van der Waals surface area contributed by atoms with Crippen LogP contribution in [0.25, 0.3) is 0 Å². The molecule has 12 aliphatic rings. The molecule has 0 aromatic rings. The smallest absolute Gasteiger partial charge is 0.261 e. The van der Waals surface area contributed by atoms with Crippen LogP contribution in [-0.4, -0.2) is 365 Å². The molecule has 145 heavy (non-hydrogen) atoms. The van der Waals surface area contributed by atoms with E-state index in [9.17, 15) is 39.5 Å². The number of ether oxygens (including phenoxy) is 2. The van der Waals surface area contributed by atoms with E-state index in [0.29, 0.717) is 119 Å². The molecule has 0 aliphatic carbocycles. The average Bonchev–Trinajstić information content (AvgIpc) is 1.65. The van der Waals surface area contributed by atoms with E-state index < -0.39 is 36.3 Å². The van der Waals surface area contributed by atoms with Gasteiger partial charge in [-0.1, -0.05) is 179 Å². The van der Waals surface area contributed by atoms with Crippen LogP contribution in [0.15, 0.2) is 12.3 Å². The van der Waals surface area contributed by atoms with Gasteiger partial charge in [-0.3, -0.25) is 53.9 Å². The molecule has 0 aromatic heterocycles. The second-order valence-electron chi connectivity index (χ2n) is 55.4. The van der Waals surface area contributed by atoms with E-state index in [1.54, 1.807) is 0 Å². The third kappa shape index (κ3) is 43.7. The first kappa shape index (κ1) is 139. The van der Waals surface area contributed by atoms with Crippen LogP contribution in [0.2, 0.25) is 0 Å². The minimum absolute atomic E-state index is 0.0170. The molecule has 0 radical (unpaired) electrons. The van der Waals surface area contributed by atoms with Gasteiger partial charge in [0.15, 0.2) is 0 Å². The summed E-state index contributed by atoms with van der Waals surface area (Å²) in [5, 5.41) is 0. The van der Waals surface area contributed by atoms with E-state index >= 15 is 0 Å². The normalized spacial score (nSPS) is 24.1. The van der Waals surface area contributed by atoms with Gasteiger partial charge in [-0.25, -0.2) is 39.5 Å². The van der Waals surface area contributed by atoms with Crippen LogP contribution in [0.5, 0.6) is 0 Å². The minimum atomic E-state index is -2.48. The average molecular weight is 2080 g/mol. The highest BCUT2D eigenvalue weighted by atomic mass is 19.3. The van der Waals surface area contributed by atoms with Crippen molar-refractivity contribution >= 4 is 0 Å². The lowest BCUT2D eigenvalue weighted by Crippen LogP contribution is -2.61. The van der Waals surface area contributed by atoms with Gasteiger partial charge in [0, 0.05) is 198 Å². The van der Waals surface area contributed by atoms with Gasteiger partial charge >= 0.3 is 0 Å². The summed E-state index contributed by atoms with van der Waals surface area (Å²) < 4.78 is 128. The summed E-state index contributed by atoms with van der Waals surface area (Å²) in [6.45, 7) is 132. The van der Waals surface area contributed by atoms with Gasteiger partial charge in [0.05, 0.1) is 45.6 Å². The maximum atomic E-state index is 13.2. The fourth-order valence-electron chi connectivity index (χ4n) is 20.1. The predicted molar refractivity (Wildman–Crippen MR) is 607 cm³/mol. The lowest BCUT2D eigenvalue weighted by Gasteiger charge is -2.49. The number of allylic oxidation sites excluding steroid dienone is 1. The molecule has 866 valence electrons. The molecule has 0 saturated carbocycles. The molecule has 12 fully saturated rings. The van der Waals surface area contributed by atoms with Crippen molar-refractivity contribution in [2.75, 3.05) is 204 Å². The molecule has 24 heteroatoms. The summed E-state index contributed by atoms with van der Waals surface area (Å²) in [5.41, 5.74) is 3.38. The molecular formula is C121H242F9N13O2. The molecular weight excluding hydrogens is 1840 g/mol. The number of rotatable bonds is 24. The van der Waals surface area contributed by atoms with Crippen molar-refractivity contribution in [3.05, 3.63) is 12.3 Å². The fraction of sp³-hybridized carbons (Fsp3) is 0.983. The summed E-state index contributed by atoms with van der Waals surface area (Å²) in [7, 11) is 2.23. The molecule has 0 spiro atoms. The molecule has 12 rings (SSSR count). The van der Waals surface area contributed by atoms with E-state index in [0.717, 1.165) is 109 Å². The van der Waals surface area contributed by atoms with Crippen molar-refractivity contribution in [3.63, 3.8) is 0 Å². The molecule has 15 nitrogen and oxygen atoms in total. The minimum Gasteiger partial charge on any atom is -0.379 e. The number of alkyl halides is 9. The first-order valence-electron chi connectivity index (χ1n) is 58.6. The third-order valence-corrected chi connectivity index (χ3v) is 40.7. The number of halogens is 9. The van der Waals surface area contributed by atoms with E-state index in [2.05, 4.69) is 346 Å². The Labute approximate surface area is 892 Å². The number of morpholine rings is 1. The first-order chi connectivity index (χ1) is 66.0. The molecule has 12 saturated heterocycles. The molecule has 0 amide bonds. The molecule has 3 atom stereocenters. The molecule has 0 aromatic carbocycles. The first-order valence-corrected chi connectivity index (χ1v) is 58.6. The Balaban J connectivity index is 0.000000540. The Kier molecular flexibility index (Phi) is 57.9. The second kappa shape index (κ2) is 60.2. The summed E-state index contributed by atoms with van der Waals surface area (Å²) in [4.78, 5) is 30.7. The van der Waals surface area contributed by atoms with Gasteiger partial charge in [-0.2, -0.15) is 0 Å². The lowest BCUT2D eigenvalue weighted by molar-refractivity contribution is -0.0970. The quantitative estimate of drug-likeness (QED) is 0.0862. The van der Waals surface area contributed by atoms with Gasteiger partial charge in [-0.05, 0) is 326 Å². The van der Waals surface area contributed by atoms with E-state index in [1.807, 2.05) is 42.4 Å². The van der Waals surface area contributed by atoms with Crippen LogP contribution < -0.4 is 0 Å². The Morgan fingerprint density at radius 1 is 0.276 bits per heavy atom. The third-order valence-electron chi connectivity index (χ3n) is 40.7. The highest BCUT2D eigenvalue weighted by Crippen LogP contribution is 2.43. The van der Waals surface area contributed by atoms with Crippen molar-refractivity contribution in [2.24, 2.45) is 76.4 Å². The summed E-state index contributed by atoms with van der Waals surface area (Å²) in [6, 6.07) is 0.712. The number of hydrogen-bond donors (Lipinski definition) is 0. The van der Waals surface area contributed by atoms with Crippen molar-refractivity contribution in [1.29, 1.82) is 0 Å². The fourth-order valence-corrected chi connectivity index (χ4v) is 20.1. The van der Waals surface area contributed by atoms with Crippen LogP contribution in [0.1, 0.15) is 395 Å². The molecule has 3 unspecified atom stereocenters. The number of piperazine rings is 2. The maximum absolute atomic E-state index is 13.2. The zero-order valence-corrected chi connectivity index (χ0v) is 104. The van der Waals surface area contributed by atoms with Gasteiger partial charge < -0.3 is 19.3 Å². The Bertz CT molecular complexity index is 3360. The maximum Gasteiger partial charge on any atom is 0.261 e. The highest BCUT2D eigenvalue weighted by Gasteiger charge is 2.49. The predicted octanol–water partition coefficient (Wildman–Crippen LogP) is 28.1. The zero-order valence-electron chi connectivity index (χ0n) is 104.